The number of carboxylic acid groups (broad SMARTS) is 1. The molecule has 0 unspecified atom stereocenters. The van der Waals surface area contributed by atoms with Crippen molar-refractivity contribution in [3.8, 4) is 0 Å². The Hall–Kier alpha value is -0.880. The normalized spacial score (nSPS) is 14.0. The highest BCUT2D eigenvalue weighted by atomic mass is 32.2. The van der Waals surface area contributed by atoms with Crippen LogP contribution in [0, 0.1) is 0 Å². The summed E-state index contributed by atoms with van der Waals surface area (Å²) in [4.78, 5) is 10.1. The van der Waals surface area contributed by atoms with Crippen molar-refractivity contribution in [1.29, 1.82) is 0 Å². The highest BCUT2D eigenvalue weighted by molar-refractivity contribution is 7.99. The van der Waals surface area contributed by atoms with Crippen LogP contribution in [-0.4, -0.2) is 52.2 Å². The summed E-state index contributed by atoms with van der Waals surface area (Å²) in [7, 11) is 0. The average molecular weight is 539 g/mol. The zero-order valence-corrected chi connectivity index (χ0v) is 19.8. The van der Waals surface area contributed by atoms with Crippen LogP contribution in [-0.2, 0) is 4.79 Å². The van der Waals surface area contributed by atoms with E-state index in [1.807, 2.05) is 0 Å². The molecule has 0 bridgehead atoms. The molecule has 0 fully saturated rings. The number of alkyl halides is 10. The Morgan fingerprint density at radius 2 is 1.03 bits per heavy atom. The van der Waals surface area contributed by atoms with Gasteiger partial charge in [0.1, 0.15) is 0 Å². The molecule has 1 N–H and O–H groups in total. The molecule has 0 aromatic rings. The first-order chi connectivity index (χ1) is 15.5. The molecule has 0 aromatic carbocycles. The first-order valence-electron chi connectivity index (χ1n) is 11.2. The van der Waals surface area contributed by atoms with E-state index in [4.69, 9.17) is 5.11 Å². The molecule has 0 saturated carbocycles. The molecule has 0 aromatic heterocycles. The van der Waals surface area contributed by atoms with E-state index in [2.05, 4.69) is 6.92 Å². The predicted molar refractivity (Wildman–Crippen MR) is 111 cm³/mol. The fraction of sp³-hybridized carbons (Fsp3) is 0.952. The Morgan fingerprint density at radius 3 is 1.47 bits per heavy atom. The minimum absolute atomic E-state index is 0.0939. The van der Waals surface area contributed by atoms with Crippen molar-refractivity contribution in [1.82, 2.24) is 0 Å². The van der Waals surface area contributed by atoms with Crippen molar-refractivity contribution >= 4 is 17.7 Å². The number of thioether (sulfide) groups is 1. The van der Waals surface area contributed by atoms with E-state index in [0.717, 1.165) is 31.4 Å². The van der Waals surface area contributed by atoms with Gasteiger partial charge < -0.3 is 5.11 Å². The van der Waals surface area contributed by atoms with E-state index in [-0.39, 0.29) is 12.8 Å². The lowest BCUT2D eigenvalue weighted by Gasteiger charge is -2.38. The summed E-state index contributed by atoms with van der Waals surface area (Å²) in [5, 5.41) is 7.96. The van der Waals surface area contributed by atoms with Crippen LogP contribution in [0.25, 0.3) is 0 Å². The van der Waals surface area contributed by atoms with E-state index in [0.29, 0.717) is 5.75 Å². The van der Waals surface area contributed by atoms with E-state index in [1.54, 1.807) is 0 Å². The van der Waals surface area contributed by atoms with Crippen molar-refractivity contribution < 1.29 is 53.8 Å². The van der Waals surface area contributed by atoms with Crippen LogP contribution in [0.3, 0.4) is 0 Å². The van der Waals surface area contributed by atoms with Gasteiger partial charge in [0.2, 0.25) is 0 Å². The highest BCUT2D eigenvalue weighted by Crippen LogP contribution is 2.57. The zero-order chi connectivity index (χ0) is 26.7. The number of halogens is 10. The largest absolute Gasteiger partial charge is 0.477 e. The van der Waals surface area contributed by atoms with Crippen LogP contribution in [0.1, 0.15) is 84.0 Å². The van der Waals surface area contributed by atoms with Gasteiger partial charge in [-0.15, -0.1) is 0 Å². The maximum absolute atomic E-state index is 13.7. The Morgan fingerprint density at radius 1 is 0.618 bits per heavy atom. The van der Waals surface area contributed by atoms with Gasteiger partial charge in [0, 0.05) is 6.42 Å². The summed E-state index contributed by atoms with van der Waals surface area (Å²) in [5.74, 6) is -36.5. The molecule has 0 aliphatic heterocycles. The van der Waals surface area contributed by atoms with Crippen LogP contribution in [0.2, 0.25) is 0 Å². The fourth-order valence-corrected chi connectivity index (χ4v) is 4.10. The molecular formula is C21H32F10O2S. The third kappa shape index (κ3) is 8.36. The third-order valence-corrected chi connectivity index (χ3v) is 6.49. The van der Waals surface area contributed by atoms with Gasteiger partial charge in [0.15, 0.2) is 0 Å². The molecule has 0 spiro atoms. The fourth-order valence-electron chi connectivity index (χ4n) is 3.08. The molecule has 0 aliphatic carbocycles. The molecule has 2 nitrogen and oxygen atoms in total. The van der Waals surface area contributed by atoms with Crippen molar-refractivity contribution in [2.24, 2.45) is 0 Å². The number of hydrogen-bond donors (Lipinski definition) is 1. The van der Waals surface area contributed by atoms with E-state index in [1.165, 1.54) is 37.4 Å². The number of aliphatic carboxylic acids is 1. The third-order valence-electron chi connectivity index (χ3n) is 5.33. The molecule has 0 saturated heterocycles. The van der Waals surface area contributed by atoms with Crippen LogP contribution in [0.5, 0.6) is 0 Å². The smallest absolute Gasteiger partial charge is 0.410 e. The zero-order valence-electron chi connectivity index (χ0n) is 18.9. The Balaban J connectivity index is 4.43. The molecule has 34 heavy (non-hydrogen) atoms. The number of carboxylic acids is 1. The van der Waals surface area contributed by atoms with Gasteiger partial charge in [-0.25, -0.2) is 4.79 Å². The van der Waals surface area contributed by atoms with Crippen molar-refractivity contribution in [2.75, 3.05) is 11.5 Å². The summed E-state index contributed by atoms with van der Waals surface area (Å²) in [6.07, 6.45) is 6.55. The topological polar surface area (TPSA) is 37.3 Å². The minimum Gasteiger partial charge on any atom is -0.477 e. The standard InChI is InChI=1S/C21H32F10O2S/c1-2-3-4-5-6-7-8-11-14-34-15-12-9-10-13-17(22,23)19(26,27)21(30,31)20(28,29)18(24,25)16(32)33/h2-15H2,1H3,(H,32,33). The van der Waals surface area contributed by atoms with E-state index < -0.39 is 48.4 Å². The van der Waals surface area contributed by atoms with Gasteiger partial charge in [-0.2, -0.15) is 55.7 Å². The van der Waals surface area contributed by atoms with Crippen molar-refractivity contribution in [3.63, 3.8) is 0 Å². The highest BCUT2D eigenvalue weighted by Gasteiger charge is 2.87. The van der Waals surface area contributed by atoms with Crippen LogP contribution >= 0.6 is 11.8 Å². The van der Waals surface area contributed by atoms with Gasteiger partial charge in [-0.05, 0) is 30.8 Å². The van der Waals surface area contributed by atoms with E-state index in [9.17, 15) is 48.7 Å². The first kappa shape index (κ1) is 33.1. The molecule has 0 amide bonds. The minimum atomic E-state index is -7.32. The lowest BCUT2D eigenvalue weighted by atomic mass is 9.92. The summed E-state index contributed by atoms with van der Waals surface area (Å²) in [5.41, 5.74) is 0. The number of rotatable bonds is 20. The average Bonchev–Trinajstić information content (AvgIpc) is 2.73. The lowest BCUT2D eigenvalue weighted by molar-refractivity contribution is -0.397. The quantitative estimate of drug-likeness (QED) is 0.124. The Labute approximate surface area is 197 Å². The SMILES string of the molecule is CCCCCCCCCCSCCCCCC(F)(F)C(F)(F)C(F)(F)C(F)(F)C(F)(F)C(=O)O. The number of carbonyl (C=O) groups is 1. The molecule has 0 radical (unpaired) electrons. The van der Waals surface area contributed by atoms with Gasteiger partial charge in [0.05, 0.1) is 0 Å². The Kier molecular flexibility index (Phi) is 13.6. The second-order valence-electron chi connectivity index (χ2n) is 8.21. The summed E-state index contributed by atoms with van der Waals surface area (Å²) in [6, 6.07) is 0. The summed E-state index contributed by atoms with van der Waals surface area (Å²) in [6.45, 7) is 2.13. The van der Waals surface area contributed by atoms with Gasteiger partial charge in [-0.1, -0.05) is 58.3 Å². The number of hydrogen-bond acceptors (Lipinski definition) is 2. The van der Waals surface area contributed by atoms with Crippen LogP contribution in [0.4, 0.5) is 43.9 Å². The summed E-state index contributed by atoms with van der Waals surface area (Å²) < 4.78 is 134. The monoisotopic (exact) mass is 538 g/mol. The van der Waals surface area contributed by atoms with Crippen LogP contribution < -0.4 is 0 Å². The van der Waals surface area contributed by atoms with E-state index >= 15 is 0 Å². The molecule has 0 atom stereocenters. The first-order valence-corrected chi connectivity index (χ1v) is 12.4. The molecule has 13 heteroatoms. The second-order valence-corrected chi connectivity index (χ2v) is 9.43. The van der Waals surface area contributed by atoms with Crippen molar-refractivity contribution in [3.05, 3.63) is 0 Å². The van der Waals surface area contributed by atoms with Gasteiger partial charge in [0.25, 0.3) is 0 Å². The maximum atomic E-state index is 13.7. The maximum Gasteiger partial charge on any atom is 0.410 e. The number of unbranched alkanes of at least 4 members (excludes halogenated alkanes) is 9. The molecule has 0 heterocycles. The molecule has 204 valence electrons. The van der Waals surface area contributed by atoms with Gasteiger partial charge in [-0.3, -0.25) is 0 Å². The van der Waals surface area contributed by atoms with Crippen molar-refractivity contribution in [2.45, 2.75) is 114 Å². The molecule has 0 aliphatic rings. The van der Waals surface area contributed by atoms with Crippen LogP contribution in [0.15, 0.2) is 0 Å². The second kappa shape index (κ2) is 14.0. The Bertz CT molecular complexity index is 600. The summed E-state index contributed by atoms with van der Waals surface area (Å²) >= 11 is 1.51. The van der Waals surface area contributed by atoms with Gasteiger partial charge >= 0.3 is 35.6 Å². The lowest BCUT2D eigenvalue weighted by Crippen LogP contribution is -2.68. The predicted octanol–water partition coefficient (Wildman–Crippen LogP) is 8.68. The molecular weight excluding hydrogens is 506 g/mol. The molecule has 0 rings (SSSR count).